The first kappa shape index (κ1) is 19.3. The summed E-state index contributed by atoms with van der Waals surface area (Å²) in [6.07, 6.45) is 2.07. The van der Waals surface area contributed by atoms with Gasteiger partial charge in [0.1, 0.15) is 0 Å². The fourth-order valence-electron chi connectivity index (χ4n) is 4.03. The highest BCUT2D eigenvalue weighted by Crippen LogP contribution is 2.73. The summed E-state index contributed by atoms with van der Waals surface area (Å²) in [5.41, 5.74) is 2.13. The van der Waals surface area contributed by atoms with Crippen molar-refractivity contribution in [3.05, 3.63) is 140 Å². The van der Waals surface area contributed by atoms with Gasteiger partial charge in [0.25, 0.3) is 0 Å². The number of pyridine rings is 1. The normalized spacial score (nSPS) is 11.7. The van der Waals surface area contributed by atoms with Crippen LogP contribution in [0.1, 0.15) is 0 Å². The van der Waals surface area contributed by atoms with Crippen molar-refractivity contribution in [1.29, 1.82) is 0 Å². The van der Waals surface area contributed by atoms with Gasteiger partial charge in [-0.15, -0.1) is 10.0 Å². The zero-order valence-corrected chi connectivity index (χ0v) is 18.0. The van der Waals surface area contributed by atoms with Crippen molar-refractivity contribution in [2.75, 3.05) is 0 Å². The number of aromatic nitrogens is 1. The predicted molar refractivity (Wildman–Crippen MR) is 130 cm³/mol. The van der Waals surface area contributed by atoms with Gasteiger partial charge in [-0.25, -0.2) is 0 Å². The van der Waals surface area contributed by atoms with Gasteiger partial charge in [-0.05, 0) is 48.5 Å². The van der Waals surface area contributed by atoms with Gasteiger partial charge in [0, 0.05) is 31.3 Å². The maximum absolute atomic E-state index is 4.91. The lowest BCUT2D eigenvalue weighted by molar-refractivity contribution is 1.18. The molecule has 0 aliphatic rings. The minimum absolute atomic E-state index is 0.992. The Kier molecular flexibility index (Phi) is 5.39. The molecule has 1 aromatic heterocycles. The second-order valence-corrected chi connectivity index (χ2v) is 10.4. The molecular weight excluding hydrogens is 394 g/mol. The van der Waals surface area contributed by atoms with Gasteiger partial charge in [0.05, 0.1) is 5.69 Å². The van der Waals surface area contributed by atoms with E-state index in [1.807, 2.05) is 6.07 Å². The summed E-state index contributed by atoms with van der Waals surface area (Å²) in [5.74, 6) is 0. The summed E-state index contributed by atoms with van der Waals surface area (Å²) in [5, 5.41) is 0. The summed E-state index contributed by atoms with van der Waals surface area (Å²) >= 11 is 0. The molecule has 1 heterocycles. The fourth-order valence-corrected chi connectivity index (χ4v) is 7.84. The molecule has 31 heavy (non-hydrogen) atoms. The lowest BCUT2D eigenvalue weighted by atomic mass is 10.1. The van der Waals surface area contributed by atoms with Crippen molar-refractivity contribution in [2.24, 2.45) is 0 Å². The van der Waals surface area contributed by atoms with E-state index in [1.54, 1.807) is 0 Å². The van der Waals surface area contributed by atoms with Gasteiger partial charge < -0.3 is 0 Å². The van der Waals surface area contributed by atoms with E-state index in [1.165, 1.54) is 19.6 Å². The molecule has 1 nitrogen and oxygen atoms in total. The zero-order chi connectivity index (χ0) is 20.9. The highest BCUT2D eigenvalue weighted by atomic mass is 32.3. The number of benzene rings is 4. The Hall–Kier alpha value is -3.62. The predicted octanol–water partition coefficient (Wildman–Crippen LogP) is 8.09. The molecule has 0 spiro atoms. The van der Waals surface area contributed by atoms with Crippen LogP contribution in [0, 0.1) is 0 Å². The maximum atomic E-state index is 4.91. The van der Waals surface area contributed by atoms with Gasteiger partial charge in [-0.2, -0.15) is 0 Å². The quantitative estimate of drug-likeness (QED) is 0.281. The summed E-state index contributed by atoms with van der Waals surface area (Å²) in [4.78, 5) is 10.1. The van der Waals surface area contributed by atoms with Crippen molar-refractivity contribution in [3.8, 4) is 11.3 Å². The third kappa shape index (κ3) is 3.56. The minimum Gasteiger partial charge on any atom is -0.255 e. The summed E-state index contributed by atoms with van der Waals surface area (Å²) in [6.45, 7) is 0. The zero-order valence-electron chi connectivity index (χ0n) is 17.1. The number of hydrogen-bond acceptors (Lipinski definition) is 1. The van der Waals surface area contributed by atoms with E-state index in [0.717, 1.165) is 11.3 Å². The Morgan fingerprint density at radius 2 is 0.806 bits per heavy atom. The Bertz CT molecular complexity index is 1140. The van der Waals surface area contributed by atoms with Gasteiger partial charge in [-0.3, -0.25) is 4.98 Å². The van der Waals surface area contributed by atoms with E-state index in [4.69, 9.17) is 4.98 Å². The van der Waals surface area contributed by atoms with Crippen LogP contribution in [-0.4, -0.2) is 4.98 Å². The average molecular weight is 418 g/mol. The Morgan fingerprint density at radius 1 is 0.387 bits per heavy atom. The highest BCUT2D eigenvalue weighted by molar-refractivity contribution is 8.34. The lowest BCUT2D eigenvalue weighted by Crippen LogP contribution is -2.05. The molecule has 5 aromatic rings. The molecule has 0 unspecified atom stereocenters. The van der Waals surface area contributed by atoms with Crippen LogP contribution >= 0.6 is 10.0 Å². The van der Waals surface area contributed by atoms with Crippen LogP contribution in [0.15, 0.2) is 159 Å². The van der Waals surface area contributed by atoms with E-state index in [9.17, 15) is 0 Å². The van der Waals surface area contributed by atoms with Crippen LogP contribution in [0.4, 0.5) is 0 Å². The van der Waals surface area contributed by atoms with Crippen LogP contribution in [-0.2, 0) is 0 Å². The largest absolute Gasteiger partial charge is 0.255 e. The van der Waals surface area contributed by atoms with Crippen molar-refractivity contribution < 1.29 is 0 Å². The average Bonchev–Trinajstić information content (AvgIpc) is 2.88. The first-order valence-electron chi connectivity index (χ1n) is 10.4. The molecule has 150 valence electrons. The lowest BCUT2D eigenvalue weighted by Gasteiger charge is -2.41. The molecule has 5 rings (SSSR count). The monoisotopic (exact) mass is 417 g/mol. The van der Waals surface area contributed by atoms with Crippen molar-refractivity contribution in [3.63, 3.8) is 0 Å². The molecular formula is C29H23NS. The number of hydrogen-bond donors (Lipinski definition) is 0. The first-order chi connectivity index (χ1) is 15.4. The Labute approximate surface area is 185 Å². The van der Waals surface area contributed by atoms with E-state index < -0.39 is 10.0 Å². The molecule has 0 fully saturated rings. The topological polar surface area (TPSA) is 12.9 Å². The SMILES string of the molecule is c1ccc(-c2ccc(S(c3ccccc3)(c3ccccc3)c3ccccc3)cn2)cc1. The number of nitrogens with zero attached hydrogens (tertiary/aromatic N) is 1. The van der Waals surface area contributed by atoms with Crippen LogP contribution < -0.4 is 0 Å². The molecule has 4 aromatic carbocycles. The standard InChI is InChI=1S/C29H23NS/c1-5-13-24(14-6-1)29-22-21-28(23-30-29)31(25-15-7-2-8-16-25,26-17-9-3-10-18-26)27-19-11-4-12-20-27/h1-23H. The van der Waals surface area contributed by atoms with Gasteiger partial charge in [0.2, 0.25) is 0 Å². The number of rotatable bonds is 5. The molecule has 0 amide bonds. The molecule has 0 bridgehead atoms. The molecule has 0 aliphatic carbocycles. The van der Waals surface area contributed by atoms with Crippen LogP contribution in [0.5, 0.6) is 0 Å². The Morgan fingerprint density at radius 3 is 1.19 bits per heavy atom. The molecule has 0 atom stereocenters. The van der Waals surface area contributed by atoms with Crippen molar-refractivity contribution in [1.82, 2.24) is 4.98 Å². The van der Waals surface area contributed by atoms with Gasteiger partial charge >= 0.3 is 0 Å². The second kappa shape index (κ2) is 8.63. The molecule has 0 N–H and O–H groups in total. The third-order valence-electron chi connectivity index (χ3n) is 5.45. The molecule has 0 saturated heterocycles. The maximum Gasteiger partial charge on any atom is 0.0702 e. The van der Waals surface area contributed by atoms with Crippen LogP contribution in [0.25, 0.3) is 11.3 Å². The van der Waals surface area contributed by atoms with Gasteiger partial charge in [0.15, 0.2) is 0 Å². The summed E-state index contributed by atoms with van der Waals surface area (Å²) < 4.78 is 0. The van der Waals surface area contributed by atoms with Crippen molar-refractivity contribution in [2.45, 2.75) is 19.6 Å². The molecule has 0 saturated carbocycles. The van der Waals surface area contributed by atoms with E-state index in [-0.39, 0.29) is 0 Å². The molecule has 2 heteroatoms. The minimum atomic E-state index is -1.67. The first-order valence-corrected chi connectivity index (χ1v) is 12.0. The summed E-state index contributed by atoms with van der Waals surface area (Å²) in [7, 11) is -1.67. The second-order valence-electron chi connectivity index (χ2n) is 7.30. The fraction of sp³-hybridized carbons (Fsp3) is 0. The van der Waals surface area contributed by atoms with E-state index >= 15 is 0 Å². The Balaban J connectivity index is 1.78. The van der Waals surface area contributed by atoms with Gasteiger partial charge in [-0.1, -0.05) is 84.9 Å². The van der Waals surface area contributed by atoms with Crippen LogP contribution in [0.2, 0.25) is 0 Å². The smallest absolute Gasteiger partial charge is 0.0702 e. The third-order valence-corrected chi connectivity index (χ3v) is 9.34. The molecule has 0 radical (unpaired) electrons. The van der Waals surface area contributed by atoms with E-state index in [2.05, 4.69) is 134 Å². The summed E-state index contributed by atoms with van der Waals surface area (Å²) in [6, 6.07) is 47.3. The highest BCUT2D eigenvalue weighted by Gasteiger charge is 2.33. The van der Waals surface area contributed by atoms with Crippen molar-refractivity contribution >= 4 is 10.0 Å². The molecule has 0 aliphatic heterocycles. The van der Waals surface area contributed by atoms with Crippen LogP contribution in [0.3, 0.4) is 0 Å². The van der Waals surface area contributed by atoms with E-state index in [0.29, 0.717) is 0 Å².